The first-order chi connectivity index (χ1) is 10.6. The molecule has 0 aliphatic carbocycles. The topological polar surface area (TPSA) is 0 Å². The summed E-state index contributed by atoms with van der Waals surface area (Å²) in [5.41, 5.74) is 0. The Hall–Kier alpha value is -2.12. The van der Waals surface area contributed by atoms with E-state index >= 15 is 0 Å². The Labute approximate surface area is 128 Å². The zero-order valence-corrected chi connectivity index (χ0v) is 12.4. The molecule has 0 spiro atoms. The second-order valence-corrected chi connectivity index (χ2v) is 6.98. The fraction of sp³-hybridized carbons (Fsp3) is 0. The Bertz CT molecular complexity index is 642. The third-order valence-electron chi connectivity index (χ3n) is 3.25. The van der Waals surface area contributed by atoms with Gasteiger partial charge in [-0.1, -0.05) is 0 Å². The highest BCUT2D eigenvalue weighted by molar-refractivity contribution is 7.79. The van der Waals surface area contributed by atoms with Gasteiger partial charge in [0.2, 0.25) is 7.92 Å². The molecular weight excluding hydrogens is 304 g/mol. The van der Waals surface area contributed by atoms with E-state index in [1.165, 1.54) is 36.4 Å². The largest absolute Gasteiger partial charge is 0.246 e. The molecule has 0 N–H and O–H groups in total. The highest BCUT2D eigenvalue weighted by atomic mass is 31.1. The Morgan fingerprint density at radius 2 is 0.636 bits per heavy atom. The van der Waals surface area contributed by atoms with E-state index in [4.69, 9.17) is 0 Å². The predicted molar refractivity (Wildman–Crippen MR) is 85.0 cm³/mol. The molecule has 1 radical (unpaired) electrons. The van der Waals surface area contributed by atoms with Crippen LogP contribution < -0.4 is 15.9 Å². The Morgan fingerprint density at radius 1 is 0.409 bits per heavy atom. The van der Waals surface area contributed by atoms with Crippen LogP contribution in [0.15, 0.2) is 72.8 Å². The summed E-state index contributed by atoms with van der Waals surface area (Å²) < 4.78 is 39.5. The van der Waals surface area contributed by atoms with Gasteiger partial charge in [0.1, 0.15) is 33.4 Å². The lowest BCUT2D eigenvalue weighted by Gasteiger charge is -2.05. The van der Waals surface area contributed by atoms with Crippen molar-refractivity contribution in [3.63, 3.8) is 0 Å². The van der Waals surface area contributed by atoms with Gasteiger partial charge in [0, 0.05) is 0 Å². The minimum Gasteiger partial charge on any atom is -0.207 e. The van der Waals surface area contributed by atoms with Crippen LogP contribution >= 0.6 is 7.92 Å². The second kappa shape index (κ2) is 6.33. The molecule has 0 saturated carbocycles. The lowest BCUT2D eigenvalue weighted by molar-refractivity contribution is 0.628. The van der Waals surface area contributed by atoms with Gasteiger partial charge >= 0.3 is 0 Å². The first kappa shape index (κ1) is 14.8. The third kappa shape index (κ3) is 3.20. The molecule has 0 saturated heterocycles. The molecule has 4 heteroatoms. The van der Waals surface area contributed by atoms with Crippen LogP contribution in [-0.4, -0.2) is 0 Å². The van der Waals surface area contributed by atoms with E-state index < -0.39 is 7.92 Å². The zero-order chi connectivity index (χ0) is 15.5. The van der Waals surface area contributed by atoms with Gasteiger partial charge in [-0.05, 0) is 72.8 Å². The molecule has 109 valence electrons. The summed E-state index contributed by atoms with van der Waals surface area (Å²) in [5.74, 6) is -0.925. The maximum Gasteiger partial charge on any atom is 0.246 e. The molecule has 0 heterocycles. The minimum absolute atomic E-state index is 0.308. The van der Waals surface area contributed by atoms with Gasteiger partial charge in [-0.2, -0.15) is 0 Å². The van der Waals surface area contributed by atoms with Crippen molar-refractivity contribution in [3.05, 3.63) is 90.2 Å². The molecule has 0 bridgehead atoms. The van der Waals surface area contributed by atoms with Crippen molar-refractivity contribution in [2.75, 3.05) is 0 Å². The van der Waals surface area contributed by atoms with E-state index in [1.54, 1.807) is 36.4 Å². The van der Waals surface area contributed by atoms with E-state index in [0.29, 0.717) is 0 Å². The molecule has 0 aromatic heterocycles. The molecule has 3 aromatic rings. The number of hydrogen-bond acceptors (Lipinski definition) is 0. The van der Waals surface area contributed by atoms with Crippen LogP contribution in [0.5, 0.6) is 0 Å². The van der Waals surface area contributed by atoms with Gasteiger partial charge in [0.15, 0.2) is 0 Å². The Kier molecular flexibility index (Phi) is 4.26. The normalized spacial score (nSPS) is 10.9. The maximum atomic E-state index is 13.2. The van der Waals surface area contributed by atoms with Gasteiger partial charge in [0.25, 0.3) is 0 Å². The van der Waals surface area contributed by atoms with Crippen LogP contribution in [0.2, 0.25) is 0 Å². The number of rotatable bonds is 3. The van der Waals surface area contributed by atoms with Crippen LogP contribution in [0.25, 0.3) is 0 Å². The third-order valence-corrected chi connectivity index (χ3v) is 5.70. The van der Waals surface area contributed by atoms with E-state index in [2.05, 4.69) is 0 Å². The average Bonchev–Trinajstić information content (AvgIpc) is 2.53. The summed E-state index contributed by atoms with van der Waals surface area (Å²) >= 11 is 0. The van der Waals surface area contributed by atoms with Gasteiger partial charge in [-0.3, -0.25) is 0 Å². The smallest absolute Gasteiger partial charge is 0.207 e. The molecule has 22 heavy (non-hydrogen) atoms. The van der Waals surface area contributed by atoms with E-state index in [9.17, 15) is 13.2 Å². The van der Waals surface area contributed by atoms with Crippen molar-refractivity contribution in [2.24, 2.45) is 0 Å². The van der Waals surface area contributed by atoms with Crippen LogP contribution in [0.4, 0.5) is 13.2 Å². The molecule has 3 rings (SSSR count). The Balaban J connectivity index is 2.10. The van der Waals surface area contributed by atoms with Crippen molar-refractivity contribution in [3.8, 4) is 0 Å². The first-order valence-electron chi connectivity index (χ1n) is 6.70. The molecule has 0 unspecified atom stereocenters. The highest BCUT2D eigenvalue weighted by Gasteiger charge is 2.31. The SMILES string of the molecule is Fc1ccc([P+](c2ccc(F)cc2)c2ccc(F)cc2)cc1. The van der Waals surface area contributed by atoms with Crippen LogP contribution in [0.3, 0.4) is 0 Å². The van der Waals surface area contributed by atoms with E-state index in [-0.39, 0.29) is 17.5 Å². The standard InChI is InChI=1S/C18H12F3P/c19-13-1-7-16(8-2-13)22(17-9-3-14(20)4-10-17)18-11-5-15(21)6-12-18/h1-12H/q+1. The zero-order valence-electron chi connectivity index (χ0n) is 11.5. The molecular formula is C18H12F3P+. The molecule has 0 amide bonds. The molecule has 0 nitrogen and oxygen atoms in total. The summed E-state index contributed by atoms with van der Waals surface area (Å²) in [5, 5.41) is 2.78. The first-order valence-corrected chi connectivity index (χ1v) is 8.04. The van der Waals surface area contributed by atoms with Crippen molar-refractivity contribution in [1.82, 2.24) is 0 Å². The molecule has 3 aromatic carbocycles. The predicted octanol–water partition coefficient (Wildman–Crippen LogP) is 3.86. The quantitative estimate of drug-likeness (QED) is 0.644. The summed E-state index contributed by atoms with van der Waals surface area (Å²) in [6.45, 7) is 0. The Morgan fingerprint density at radius 3 is 0.864 bits per heavy atom. The van der Waals surface area contributed by atoms with Crippen molar-refractivity contribution < 1.29 is 13.2 Å². The van der Waals surface area contributed by atoms with Gasteiger partial charge < -0.3 is 0 Å². The van der Waals surface area contributed by atoms with Crippen molar-refractivity contribution in [1.29, 1.82) is 0 Å². The summed E-state index contributed by atoms with van der Waals surface area (Å²) in [4.78, 5) is 0. The number of benzene rings is 3. The van der Waals surface area contributed by atoms with E-state index in [1.807, 2.05) is 0 Å². The lowest BCUT2D eigenvalue weighted by Crippen LogP contribution is -2.20. The summed E-state index contributed by atoms with van der Waals surface area (Å²) in [7, 11) is -0.983. The monoisotopic (exact) mass is 316 g/mol. The molecule has 0 aliphatic rings. The number of hydrogen-bond donors (Lipinski definition) is 0. The summed E-state index contributed by atoms with van der Waals surface area (Å²) in [6.07, 6.45) is 0. The van der Waals surface area contributed by atoms with Gasteiger partial charge in [-0.25, -0.2) is 13.2 Å². The summed E-state index contributed by atoms with van der Waals surface area (Å²) in [6, 6.07) is 18.7. The molecule has 0 aliphatic heterocycles. The fourth-order valence-electron chi connectivity index (χ4n) is 2.22. The average molecular weight is 316 g/mol. The maximum absolute atomic E-state index is 13.2. The second-order valence-electron chi connectivity index (χ2n) is 4.76. The van der Waals surface area contributed by atoms with Crippen molar-refractivity contribution >= 4 is 23.8 Å². The van der Waals surface area contributed by atoms with E-state index in [0.717, 1.165) is 15.9 Å². The lowest BCUT2D eigenvalue weighted by atomic mass is 10.3. The van der Waals surface area contributed by atoms with Crippen LogP contribution in [0.1, 0.15) is 0 Å². The van der Waals surface area contributed by atoms with Gasteiger partial charge in [-0.15, -0.1) is 0 Å². The minimum atomic E-state index is -0.983. The number of halogens is 3. The van der Waals surface area contributed by atoms with Crippen molar-refractivity contribution in [2.45, 2.75) is 0 Å². The fourth-order valence-corrected chi connectivity index (χ4v) is 4.45. The highest BCUT2D eigenvalue weighted by Crippen LogP contribution is 2.32. The van der Waals surface area contributed by atoms with Gasteiger partial charge in [0.05, 0.1) is 0 Å². The van der Waals surface area contributed by atoms with Crippen LogP contribution in [-0.2, 0) is 0 Å². The molecule has 0 fully saturated rings. The molecule has 0 atom stereocenters. The van der Waals surface area contributed by atoms with Crippen LogP contribution in [0, 0.1) is 17.5 Å².